The molecule has 1 aliphatic carbocycles. The minimum atomic E-state index is -0.934. The number of H-pyrrole nitrogens is 1. The van der Waals surface area contributed by atoms with Gasteiger partial charge in [-0.3, -0.25) is 14.4 Å². The smallest absolute Gasteiger partial charge is 0.340 e. The van der Waals surface area contributed by atoms with Crippen molar-refractivity contribution in [1.29, 1.82) is 0 Å². The molecule has 0 fully saturated rings. The van der Waals surface area contributed by atoms with E-state index < -0.39 is 30.1 Å². The fourth-order valence-electron chi connectivity index (χ4n) is 4.12. The average Bonchev–Trinajstić information content (AvgIpc) is 3.14. The monoisotopic (exact) mass is 493 g/mol. The summed E-state index contributed by atoms with van der Waals surface area (Å²) in [6.07, 6.45) is 0. The molecule has 0 aliphatic heterocycles. The Morgan fingerprint density at radius 1 is 0.886 bits per heavy atom. The van der Waals surface area contributed by atoms with Crippen LogP contribution >= 0.6 is 11.6 Å². The molecule has 0 atom stereocenters. The number of carbonyl (C=O) groups is 5. The van der Waals surface area contributed by atoms with Crippen molar-refractivity contribution < 1.29 is 33.4 Å². The molecule has 0 unspecified atom stereocenters. The highest BCUT2D eigenvalue weighted by Gasteiger charge is 2.33. The number of benzene rings is 2. The first kappa shape index (κ1) is 24.1. The van der Waals surface area contributed by atoms with E-state index in [1.807, 2.05) is 0 Å². The van der Waals surface area contributed by atoms with Crippen LogP contribution in [0.2, 0.25) is 5.02 Å². The molecule has 1 N–H and O–H groups in total. The molecule has 2 aromatic carbocycles. The van der Waals surface area contributed by atoms with Gasteiger partial charge in [-0.1, -0.05) is 35.9 Å². The number of fused-ring (bicyclic) bond motifs is 2. The minimum Gasteiger partial charge on any atom is -0.462 e. The Hall–Kier alpha value is -4.04. The van der Waals surface area contributed by atoms with Crippen LogP contribution < -0.4 is 0 Å². The van der Waals surface area contributed by atoms with Crippen molar-refractivity contribution in [2.24, 2.45) is 0 Å². The molecule has 0 amide bonds. The lowest BCUT2D eigenvalue weighted by Crippen LogP contribution is -2.23. The summed E-state index contributed by atoms with van der Waals surface area (Å²) in [5, 5.41) is -0.218. The predicted octanol–water partition coefficient (Wildman–Crippen LogP) is 4.28. The molecule has 0 spiro atoms. The van der Waals surface area contributed by atoms with E-state index in [1.54, 1.807) is 39.0 Å². The number of Topliss-reactive ketones (excluding diaryl/α,β-unsaturated/α-hetero) is 1. The highest BCUT2D eigenvalue weighted by molar-refractivity contribution is 6.41. The van der Waals surface area contributed by atoms with E-state index in [4.69, 9.17) is 21.1 Å². The zero-order valence-electron chi connectivity index (χ0n) is 19.1. The van der Waals surface area contributed by atoms with Gasteiger partial charge in [0, 0.05) is 22.4 Å². The lowest BCUT2D eigenvalue weighted by atomic mass is 9.83. The van der Waals surface area contributed by atoms with Crippen molar-refractivity contribution in [3.8, 4) is 0 Å². The van der Waals surface area contributed by atoms with Crippen LogP contribution in [0.15, 0.2) is 36.4 Å². The van der Waals surface area contributed by atoms with Crippen LogP contribution in [0.25, 0.3) is 0 Å². The molecule has 4 rings (SSSR count). The summed E-state index contributed by atoms with van der Waals surface area (Å²) >= 11 is 6.38. The van der Waals surface area contributed by atoms with Crippen LogP contribution in [0.1, 0.15) is 81.2 Å². The number of aromatic nitrogens is 1. The number of halogens is 1. The summed E-state index contributed by atoms with van der Waals surface area (Å²) in [5.74, 6) is -2.91. The minimum absolute atomic E-state index is 0.0777. The van der Waals surface area contributed by atoms with Gasteiger partial charge in [0.15, 0.2) is 18.2 Å². The Morgan fingerprint density at radius 2 is 1.54 bits per heavy atom. The first-order valence-corrected chi connectivity index (χ1v) is 11.1. The van der Waals surface area contributed by atoms with Gasteiger partial charge in [0.2, 0.25) is 5.78 Å². The molecule has 1 heterocycles. The topological polar surface area (TPSA) is 120 Å². The van der Waals surface area contributed by atoms with Gasteiger partial charge in [-0.25, -0.2) is 9.59 Å². The maximum Gasteiger partial charge on any atom is 0.340 e. The van der Waals surface area contributed by atoms with Gasteiger partial charge in [0.25, 0.3) is 0 Å². The molecular formula is C26H20ClNO7. The lowest BCUT2D eigenvalue weighted by Gasteiger charge is -2.19. The van der Waals surface area contributed by atoms with E-state index in [0.29, 0.717) is 11.3 Å². The molecule has 0 radical (unpaired) electrons. The van der Waals surface area contributed by atoms with E-state index >= 15 is 0 Å². The lowest BCUT2D eigenvalue weighted by molar-refractivity contribution is 0.0472. The molecule has 1 aliphatic rings. The fourth-order valence-corrected chi connectivity index (χ4v) is 4.45. The third-order valence-corrected chi connectivity index (χ3v) is 6.17. The van der Waals surface area contributed by atoms with Crippen LogP contribution in [0, 0.1) is 13.8 Å². The second-order valence-electron chi connectivity index (χ2n) is 7.90. The molecule has 1 aromatic heterocycles. The van der Waals surface area contributed by atoms with Crippen LogP contribution in [0.3, 0.4) is 0 Å². The van der Waals surface area contributed by atoms with E-state index in [2.05, 4.69) is 4.98 Å². The molecule has 0 saturated heterocycles. The third kappa shape index (κ3) is 4.06. The van der Waals surface area contributed by atoms with Gasteiger partial charge in [-0.2, -0.15) is 0 Å². The molecule has 8 nitrogen and oxygen atoms in total. The highest BCUT2D eigenvalue weighted by atomic mass is 35.5. The van der Waals surface area contributed by atoms with Crippen LogP contribution in [0.4, 0.5) is 0 Å². The predicted molar refractivity (Wildman–Crippen MR) is 126 cm³/mol. The zero-order valence-corrected chi connectivity index (χ0v) is 19.9. The van der Waals surface area contributed by atoms with Crippen LogP contribution in [-0.2, 0) is 9.47 Å². The van der Waals surface area contributed by atoms with Crippen molar-refractivity contribution in [1.82, 2.24) is 4.98 Å². The number of ether oxygens (including phenoxy) is 2. The Labute approximate surface area is 205 Å². The Balaban J connectivity index is 1.56. The maximum absolute atomic E-state index is 13.0. The van der Waals surface area contributed by atoms with E-state index in [9.17, 15) is 24.0 Å². The summed E-state index contributed by atoms with van der Waals surface area (Å²) in [7, 11) is 0. The molecule has 0 saturated carbocycles. The van der Waals surface area contributed by atoms with Crippen molar-refractivity contribution >= 4 is 40.9 Å². The number of hydrogen-bond donors (Lipinski definition) is 1. The maximum atomic E-state index is 13.0. The number of aryl methyl sites for hydroxylation is 1. The van der Waals surface area contributed by atoms with Gasteiger partial charge in [0.05, 0.1) is 34.0 Å². The van der Waals surface area contributed by atoms with Crippen molar-refractivity contribution in [3.05, 3.63) is 91.8 Å². The molecule has 3 aromatic rings. The Kier molecular flexibility index (Phi) is 6.41. The Morgan fingerprint density at radius 3 is 2.20 bits per heavy atom. The Bertz CT molecular complexity index is 1430. The first-order valence-electron chi connectivity index (χ1n) is 10.7. The number of hydrogen-bond acceptors (Lipinski definition) is 7. The van der Waals surface area contributed by atoms with Gasteiger partial charge in [-0.05, 0) is 38.5 Å². The number of rotatable bonds is 6. The third-order valence-electron chi connectivity index (χ3n) is 5.78. The van der Waals surface area contributed by atoms with Gasteiger partial charge < -0.3 is 14.5 Å². The fraction of sp³-hybridized carbons (Fsp3) is 0.192. The van der Waals surface area contributed by atoms with Crippen LogP contribution in [-0.4, -0.2) is 47.5 Å². The summed E-state index contributed by atoms with van der Waals surface area (Å²) in [4.78, 5) is 66.2. The second-order valence-corrected chi connectivity index (χ2v) is 8.28. The molecule has 0 bridgehead atoms. The highest BCUT2D eigenvalue weighted by Crippen LogP contribution is 2.34. The van der Waals surface area contributed by atoms with Gasteiger partial charge >= 0.3 is 11.9 Å². The number of ketones is 3. The van der Waals surface area contributed by atoms with Crippen molar-refractivity contribution in [3.63, 3.8) is 0 Å². The summed E-state index contributed by atoms with van der Waals surface area (Å²) in [5.41, 5.74) is 1.54. The summed E-state index contributed by atoms with van der Waals surface area (Å²) < 4.78 is 10.2. The molecule has 35 heavy (non-hydrogen) atoms. The summed E-state index contributed by atoms with van der Waals surface area (Å²) in [6, 6.07) is 8.99. The molecule has 9 heteroatoms. The molecular weight excluding hydrogens is 474 g/mol. The van der Waals surface area contributed by atoms with E-state index in [-0.39, 0.29) is 56.5 Å². The number of nitrogens with one attached hydrogen (secondary N) is 1. The van der Waals surface area contributed by atoms with Gasteiger partial charge in [0.1, 0.15) is 0 Å². The van der Waals surface area contributed by atoms with Crippen molar-refractivity contribution in [2.75, 3.05) is 13.2 Å². The second kappa shape index (κ2) is 9.31. The van der Waals surface area contributed by atoms with Gasteiger partial charge in [-0.15, -0.1) is 0 Å². The normalized spacial score (nSPS) is 12.1. The number of carbonyl (C=O) groups excluding carboxylic acids is 5. The zero-order chi connectivity index (χ0) is 25.4. The average molecular weight is 494 g/mol. The standard InChI is InChI=1S/C26H20ClNO7/c1-4-34-26(33)19-12(2)22(28-13(19)3)18(29)11-35-25(32)17-10-9-16-20(21(17)27)24(31)15-8-6-5-7-14(15)23(16)30/h5-10,28H,4,11H2,1-3H3. The largest absolute Gasteiger partial charge is 0.462 e. The van der Waals surface area contributed by atoms with E-state index in [1.165, 1.54) is 18.2 Å². The number of aromatic amines is 1. The quantitative estimate of drug-likeness (QED) is 0.314. The number of esters is 2. The first-order chi connectivity index (χ1) is 16.7. The van der Waals surface area contributed by atoms with Crippen LogP contribution in [0.5, 0.6) is 0 Å². The molecule has 178 valence electrons. The summed E-state index contributed by atoms with van der Waals surface area (Å²) in [6.45, 7) is 4.45. The SMILES string of the molecule is CCOC(=O)c1c(C)[nH]c(C(=O)COC(=O)c2ccc3c(c2Cl)C(=O)c2ccccc2C3=O)c1C. The van der Waals surface area contributed by atoms with E-state index in [0.717, 1.165) is 0 Å². The van der Waals surface area contributed by atoms with Crippen molar-refractivity contribution in [2.45, 2.75) is 20.8 Å².